The van der Waals surface area contributed by atoms with E-state index in [-0.39, 0.29) is 59.6 Å². The summed E-state index contributed by atoms with van der Waals surface area (Å²) in [7, 11) is 0. The van der Waals surface area contributed by atoms with Crippen molar-refractivity contribution in [1.82, 2.24) is 0 Å². The van der Waals surface area contributed by atoms with Crippen molar-refractivity contribution in [3.05, 3.63) is 20.1 Å². The van der Waals surface area contributed by atoms with Crippen molar-refractivity contribution in [2.45, 2.75) is 6.92 Å². The van der Waals surface area contributed by atoms with Gasteiger partial charge in [-0.2, -0.15) is 0 Å². The average Bonchev–Trinajstić information content (AvgIpc) is 0.918. The molecule has 36 valence electrons. The molecule has 0 unspecified atom stereocenters. The van der Waals surface area contributed by atoms with Crippen LogP contribution in [0.2, 0.25) is 0 Å². The SMILES string of the molecule is [CH-]=CC.[CH3-].[U].[W]. The Bertz CT molecular complexity index is 15.0. The Balaban J connectivity index is -0.00000000667. The molecular weight excluding hydrogens is 470 g/mol. The van der Waals surface area contributed by atoms with Crippen LogP contribution in [0.25, 0.3) is 0 Å². The van der Waals surface area contributed by atoms with E-state index in [1.165, 1.54) is 6.08 Å². The Morgan fingerprint density at radius 1 is 1.50 bits per heavy atom. The summed E-state index contributed by atoms with van der Waals surface area (Å²) >= 11 is 0. The number of hydrogen-bond acceptors (Lipinski definition) is 0. The van der Waals surface area contributed by atoms with Crippen LogP contribution >= 0.6 is 0 Å². The zero-order valence-corrected chi connectivity index (χ0v) is 11.2. The molecule has 6 heavy (non-hydrogen) atoms. The van der Waals surface area contributed by atoms with E-state index in [0.717, 1.165) is 0 Å². The molecule has 0 aliphatic carbocycles. The second kappa shape index (κ2) is 31.6. The normalized spacial score (nSPS) is 2.17. The second-order valence-corrected chi connectivity index (χ2v) is 0.333. The van der Waals surface area contributed by atoms with E-state index in [9.17, 15) is 0 Å². The number of allylic oxidation sites excluding steroid dienone is 1. The molecule has 0 heterocycles. The first-order chi connectivity index (χ1) is 1.41. The molecule has 0 N–H and O–H groups in total. The number of rotatable bonds is 0. The van der Waals surface area contributed by atoms with E-state index in [4.69, 9.17) is 6.58 Å². The van der Waals surface area contributed by atoms with Crippen molar-refractivity contribution in [1.29, 1.82) is 0 Å². The first-order valence-corrected chi connectivity index (χ1v) is 0.911. The average molecular weight is 478 g/mol. The summed E-state index contributed by atoms with van der Waals surface area (Å²) in [6.07, 6.45) is 1.50. The van der Waals surface area contributed by atoms with Crippen LogP contribution in [0.4, 0.5) is 0 Å². The third kappa shape index (κ3) is 50.2. The van der Waals surface area contributed by atoms with Gasteiger partial charge in [0.2, 0.25) is 0 Å². The van der Waals surface area contributed by atoms with Gasteiger partial charge in [-0.3, -0.25) is 6.08 Å². The molecule has 0 saturated carbocycles. The van der Waals surface area contributed by atoms with Crippen LogP contribution < -0.4 is 0 Å². The largest absolute Gasteiger partial charge is 0.518 e. The van der Waals surface area contributed by atoms with Gasteiger partial charge < -0.3 is 14.0 Å². The van der Waals surface area contributed by atoms with E-state index >= 15 is 0 Å². The fourth-order valence-corrected chi connectivity index (χ4v) is 0. The van der Waals surface area contributed by atoms with Gasteiger partial charge in [0.15, 0.2) is 0 Å². The van der Waals surface area contributed by atoms with Crippen LogP contribution in [0.5, 0.6) is 0 Å². The van der Waals surface area contributed by atoms with E-state index in [1.807, 2.05) is 0 Å². The topological polar surface area (TPSA) is 0 Å². The minimum absolute atomic E-state index is 0. The molecule has 0 aromatic rings. The molecule has 0 fully saturated rings. The summed E-state index contributed by atoms with van der Waals surface area (Å²) in [6, 6.07) is 0. The van der Waals surface area contributed by atoms with Gasteiger partial charge >= 0.3 is 0 Å². The third-order valence-electron chi connectivity index (χ3n) is 0. The smallest absolute Gasteiger partial charge is 0 e. The summed E-state index contributed by atoms with van der Waals surface area (Å²) in [5.74, 6) is 0. The molecule has 0 radical (unpaired) electrons. The van der Waals surface area contributed by atoms with E-state index in [0.29, 0.717) is 0 Å². The quantitative estimate of drug-likeness (QED) is 0.463. The molecule has 0 aliphatic rings. The van der Waals surface area contributed by atoms with Gasteiger partial charge in [0, 0.05) is 52.2 Å². The standard InChI is InChI=1S/C3H5.CH3.U.W/c1-3-2;;;/h1,3H,2H3;1H3;;/q2*-1;;. The molecule has 0 aliphatic heterocycles. The summed E-state index contributed by atoms with van der Waals surface area (Å²) in [5, 5.41) is 0. The van der Waals surface area contributed by atoms with Crippen molar-refractivity contribution in [3.63, 3.8) is 0 Å². The maximum Gasteiger partial charge on any atom is 0 e. The predicted molar refractivity (Wildman–Crippen MR) is 21.0 cm³/mol. The first-order valence-electron chi connectivity index (χ1n) is 0.911. The van der Waals surface area contributed by atoms with Crippen molar-refractivity contribution in [3.8, 4) is 0 Å². The van der Waals surface area contributed by atoms with E-state index in [1.54, 1.807) is 6.92 Å². The Morgan fingerprint density at radius 3 is 1.50 bits per heavy atom. The Kier molecular flexibility index (Phi) is 137. The monoisotopic (exact) mass is 478 g/mol. The van der Waals surface area contributed by atoms with Gasteiger partial charge in [-0.25, -0.2) is 0 Å². The molecule has 0 nitrogen and oxygen atoms in total. The molecule has 0 rings (SSSR count). The van der Waals surface area contributed by atoms with E-state index < -0.39 is 0 Å². The fourth-order valence-electron chi connectivity index (χ4n) is 0. The first kappa shape index (κ1) is 25.9. The Morgan fingerprint density at radius 2 is 1.50 bits per heavy atom. The van der Waals surface area contributed by atoms with Gasteiger partial charge in [0.05, 0.1) is 0 Å². The van der Waals surface area contributed by atoms with Crippen LogP contribution in [0.3, 0.4) is 0 Å². The van der Waals surface area contributed by atoms with Crippen LogP contribution in [0.1, 0.15) is 6.92 Å². The molecule has 0 aromatic heterocycles. The van der Waals surface area contributed by atoms with Crippen molar-refractivity contribution in [2.75, 3.05) is 0 Å². The predicted octanol–water partition coefficient (Wildman–Crippen LogP) is 1.44. The van der Waals surface area contributed by atoms with Gasteiger partial charge in [-0.15, -0.1) is 0 Å². The maximum absolute atomic E-state index is 4.72. The molecule has 0 saturated heterocycles. The van der Waals surface area contributed by atoms with Gasteiger partial charge in [0.25, 0.3) is 0 Å². The zero-order valence-electron chi connectivity index (χ0n) is 4.06. The van der Waals surface area contributed by atoms with Crippen molar-refractivity contribution in [2.24, 2.45) is 0 Å². The van der Waals surface area contributed by atoms with Gasteiger partial charge in [-0.1, -0.05) is 6.92 Å². The summed E-state index contributed by atoms with van der Waals surface area (Å²) in [4.78, 5) is 0. The molecule has 0 atom stereocenters. The van der Waals surface area contributed by atoms with Crippen LogP contribution in [0.15, 0.2) is 6.08 Å². The zero-order chi connectivity index (χ0) is 2.71. The van der Waals surface area contributed by atoms with E-state index in [2.05, 4.69) is 0 Å². The fraction of sp³-hybridized carbons (Fsp3) is 0.250. The summed E-state index contributed by atoms with van der Waals surface area (Å²) < 4.78 is 0. The summed E-state index contributed by atoms with van der Waals surface area (Å²) in [5.41, 5.74) is 0. The maximum atomic E-state index is 4.72. The van der Waals surface area contributed by atoms with Crippen LogP contribution in [0, 0.1) is 45.1 Å². The minimum Gasteiger partial charge on any atom is -0.518 e. The molecular formula is C4H8UW-2. The van der Waals surface area contributed by atoms with Crippen molar-refractivity contribution >= 4 is 0 Å². The Labute approximate surface area is 78.4 Å². The summed E-state index contributed by atoms with van der Waals surface area (Å²) in [6.45, 7) is 6.50. The Hall–Kier alpha value is 1.48. The van der Waals surface area contributed by atoms with Gasteiger partial charge in [0.1, 0.15) is 0 Å². The third-order valence-corrected chi connectivity index (χ3v) is 0. The van der Waals surface area contributed by atoms with Crippen LogP contribution in [-0.2, 0) is 21.1 Å². The van der Waals surface area contributed by atoms with Gasteiger partial charge in [-0.05, 0) is 0 Å². The minimum atomic E-state index is 0. The van der Waals surface area contributed by atoms with Crippen LogP contribution in [-0.4, -0.2) is 0 Å². The molecule has 0 aromatic carbocycles. The molecule has 0 spiro atoms. The molecule has 0 amide bonds. The molecule has 2 heteroatoms. The second-order valence-electron chi connectivity index (χ2n) is 0.333. The number of hydrogen-bond donors (Lipinski definition) is 0. The van der Waals surface area contributed by atoms with Crippen molar-refractivity contribution < 1.29 is 52.2 Å². The molecule has 0 bridgehead atoms.